The topological polar surface area (TPSA) is 17.1 Å². The molecule has 1 rings (SSSR count). The lowest BCUT2D eigenvalue weighted by Gasteiger charge is -2.12. The maximum absolute atomic E-state index is 11.5. The maximum atomic E-state index is 11.5. The van der Waals surface area contributed by atoms with Gasteiger partial charge in [-0.05, 0) is 12.0 Å². The zero-order valence-electron chi connectivity index (χ0n) is 8.29. The van der Waals surface area contributed by atoms with Crippen molar-refractivity contribution in [3.63, 3.8) is 0 Å². The molecule has 0 aliphatic rings. The number of benzene rings is 1. The van der Waals surface area contributed by atoms with Gasteiger partial charge in [-0.1, -0.05) is 44.2 Å². The SMILES string of the molecule is CCC(=O)[C@H](CC)c1ccccc1. The molecular weight excluding hydrogens is 160 g/mol. The predicted molar refractivity (Wildman–Crippen MR) is 54.8 cm³/mol. The molecule has 0 spiro atoms. The minimum Gasteiger partial charge on any atom is -0.299 e. The Bertz CT molecular complexity index is 264. The molecule has 0 unspecified atom stereocenters. The van der Waals surface area contributed by atoms with E-state index in [1.807, 2.05) is 37.3 Å². The third kappa shape index (κ3) is 2.41. The minimum atomic E-state index is 0.103. The second-order valence-corrected chi connectivity index (χ2v) is 3.19. The summed E-state index contributed by atoms with van der Waals surface area (Å²) in [6, 6.07) is 10.0. The first-order valence-electron chi connectivity index (χ1n) is 4.87. The average Bonchev–Trinajstić information content (AvgIpc) is 2.20. The number of carbonyl (C=O) groups is 1. The highest BCUT2D eigenvalue weighted by Gasteiger charge is 2.15. The summed E-state index contributed by atoms with van der Waals surface area (Å²) in [4.78, 5) is 11.5. The van der Waals surface area contributed by atoms with Crippen molar-refractivity contribution in [2.24, 2.45) is 0 Å². The van der Waals surface area contributed by atoms with Crippen LogP contribution in [-0.2, 0) is 4.79 Å². The third-order valence-corrected chi connectivity index (χ3v) is 2.35. The van der Waals surface area contributed by atoms with Gasteiger partial charge in [0.25, 0.3) is 0 Å². The van der Waals surface area contributed by atoms with Crippen LogP contribution >= 0.6 is 0 Å². The summed E-state index contributed by atoms with van der Waals surface area (Å²) in [5.74, 6) is 0.444. The fraction of sp³-hybridized carbons (Fsp3) is 0.417. The molecule has 0 aliphatic carbocycles. The summed E-state index contributed by atoms with van der Waals surface area (Å²) in [5.41, 5.74) is 1.15. The lowest BCUT2D eigenvalue weighted by Crippen LogP contribution is -2.09. The van der Waals surface area contributed by atoms with Crippen LogP contribution in [0.5, 0.6) is 0 Å². The Morgan fingerprint density at radius 3 is 2.31 bits per heavy atom. The second kappa shape index (κ2) is 4.80. The Morgan fingerprint density at radius 2 is 1.85 bits per heavy atom. The molecule has 1 aromatic rings. The standard InChI is InChI=1S/C12H16O/c1-3-11(12(13)4-2)10-8-6-5-7-9-10/h5-9,11H,3-4H2,1-2H3/t11-/m1/s1. The molecule has 70 valence electrons. The van der Waals surface area contributed by atoms with Crippen molar-refractivity contribution >= 4 is 5.78 Å². The molecule has 0 N–H and O–H groups in total. The molecule has 0 aliphatic heterocycles. The van der Waals surface area contributed by atoms with E-state index < -0.39 is 0 Å². The number of hydrogen-bond donors (Lipinski definition) is 0. The van der Waals surface area contributed by atoms with E-state index in [-0.39, 0.29) is 5.92 Å². The Balaban J connectivity index is 2.85. The fourth-order valence-electron chi connectivity index (χ4n) is 1.58. The molecule has 0 amide bonds. The predicted octanol–water partition coefficient (Wildman–Crippen LogP) is 3.16. The van der Waals surface area contributed by atoms with Crippen LogP contribution in [0, 0.1) is 0 Å². The molecule has 1 atom stereocenters. The molecular formula is C12H16O. The van der Waals surface area contributed by atoms with E-state index in [1.54, 1.807) is 0 Å². The first-order chi connectivity index (χ1) is 6.29. The zero-order chi connectivity index (χ0) is 9.68. The Hall–Kier alpha value is -1.11. The molecule has 0 aromatic heterocycles. The van der Waals surface area contributed by atoms with E-state index in [9.17, 15) is 4.79 Å². The van der Waals surface area contributed by atoms with Crippen LogP contribution in [0.3, 0.4) is 0 Å². The van der Waals surface area contributed by atoms with Crippen molar-refractivity contribution in [2.75, 3.05) is 0 Å². The van der Waals surface area contributed by atoms with Crippen LogP contribution in [0.15, 0.2) is 30.3 Å². The minimum absolute atomic E-state index is 0.103. The van der Waals surface area contributed by atoms with E-state index in [2.05, 4.69) is 6.92 Å². The number of rotatable bonds is 4. The monoisotopic (exact) mass is 176 g/mol. The molecule has 1 nitrogen and oxygen atoms in total. The summed E-state index contributed by atoms with van der Waals surface area (Å²) in [7, 11) is 0. The van der Waals surface area contributed by atoms with E-state index in [0.29, 0.717) is 12.2 Å². The molecule has 0 fully saturated rings. The normalized spacial score (nSPS) is 12.5. The number of hydrogen-bond acceptors (Lipinski definition) is 1. The van der Waals surface area contributed by atoms with Gasteiger partial charge in [-0.25, -0.2) is 0 Å². The van der Waals surface area contributed by atoms with Crippen molar-refractivity contribution in [2.45, 2.75) is 32.6 Å². The van der Waals surface area contributed by atoms with Gasteiger partial charge in [0.15, 0.2) is 0 Å². The number of Topliss-reactive ketones (excluding diaryl/α,β-unsaturated/α-hetero) is 1. The molecule has 1 aromatic carbocycles. The lowest BCUT2D eigenvalue weighted by atomic mass is 9.91. The van der Waals surface area contributed by atoms with Crippen molar-refractivity contribution in [1.82, 2.24) is 0 Å². The van der Waals surface area contributed by atoms with Crippen molar-refractivity contribution in [3.05, 3.63) is 35.9 Å². The van der Waals surface area contributed by atoms with E-state index in [0.717, 1.165) is 12.0 Å². The second-order valence-electron chi connectivity index (χ2n) is 3.19. The smallest absolute Gasteiger partial charge is 0.140 e. The molecule has 0 bridgehead atoms. The van der Waals surface area contributed by atoms with Gasteiger partial charge in [-0.15, -0.1) is 0 Å². The van der Waals surface area contributed by atoms with Crippen LogP contribution < -0.4 is 0 Å². The van der Waals surface area contributed by atoms with Gasteiger partial charge in [-0.2, -0.15) is 0 Å². The van der Waals surface area contributed by atoms with Gasteiger partial charge in [0.2, 0.25) is 0 Å². The summed E-state index contributed by atoms with van der Waals surface area (Å²) in [6.07, 6.45) is 1.53. The van der Waals surface area contributed by atoms with Gasteiger partial charge >= 0.3 is 0 Å². The number of carbonyl (C=O) groups excluding carboxylic acids is 1. The van der Waals surface area contributed by atoms with Gasteiger partial charge in [0.05, 0.1) is 0 Å². The quantitative estimate of drug-likeness (QED) is 0.688. The summed E-state index contributed by atoms with van der Waals surface area (Å²) in [5, 5.41) is 0. The van der Waals surface area contributed by atoms with E-state index in [4.69, 9.17) is 0 Å². The maximum Gasteiger partial charge on any atom is 0.140 e. The Morgan fingerprint density at radius 1 is 1.23 bits per heavy atom. The highest BCUT2D eigenvalue weighted by Crippen LogP contribution is 2.21. The zero-order valence-corrected chi connectivity index (χ0v) is 8.29. The van der Waals surface area contributed by atoms with Crippen molar-refractivity contribution in [1.29, 1.82) is 0 Å². The highest BCUT2D eigenvalue weighted by molar-refractivity contribution is 5.85. The first kappa shape index (κ1) is 9.97. The van der Waals surface area contributed by atoms with Gasteiger partial charge in [0.1, 0.15) is 5.78 Å². The Kier molecular flexibility index (Phi) is 3.69. The Labute approximate surface area is 79.8 Å². The van der Waals surface area contributed by atoms with Gasteiger partial charge in [0, 0.05) is 12.3 Å². The van der Waals surface area contributed by atoms with Gasteiger partial charge < -0.3 is 0 Å². The average molecular weight is 176 g/mol. The van der Waals surface area contributed by atoms with Crippen molar-refractivity contribution in [3.8, 4) is 0 Å². The van der Waals surface area contributed by atoms with Crippen LogP contribution in [0.4, 0.5) is 0 Å². The molecule has 0 heterocycles. The van der Waals surface area contributed by atoms with Gasteiger partial charge in [-0.3, -0.25) is 4.79 Å². The molecule has 1 heteroatoms. The van der Waals surface area contributed by atoms with Crippen LogP contribution in [0.25, 0.3) is 0 Å². The highest BCUT2D eigenvalue weighted by atomic mass is 16.1. The number of ketones is 1. The fourth-order valence-corrected chi connectivity index (χ4v) is 1.58. The molecule has 0 saturated heterocycles. The molecule has 0 saturated carbocycles. The summed E-state index contributed by atoms with van der Waals surface area (Å²) < 4.78 is 0. The molecule has 13 heavy (non-hydrogen) atoms. The summed E-state index contributed by atoms with van der Waals surface area (Å²) >= 11 is 0. The largest absolute Gasteiger partial charge is 0.299 e. The lowest BCUT2D eigenvalue weighted by molar-refractivity contribution is -0.120. The van der Waals surface area contributed by atoms with E-state index in [1.165, 1.54) is 0 Å². The third-order valence-electron chi connectivity index (χ3n) is 2.35. The van der Waals surface area contributed by atoms with Crippen LogP contribution in [0.1, 0.15) is 38.2 Å². The van der Waals surface area contributed by atoms with Crippen molar-refractivity contribution < 1.29 is 4.79 Å². The first-order valence-corrected chi connectivity index (χ1v) is 4.87. The van der Waals surface area contributed by atoms with Crippen LogP contribution in [0.2, 0.25) is 0 Å². The van der Waals surface area contributed by atoms with Crippen LogP contribution in [-0.4, -0.2) is 5.78 Å². The molecule has 0 radical (unpaired) electrons. The summed E-state index contributed by atoms with van der Waals surface area (Å²) in [6.45, 7) is 3.99. The van der Waals surface area contributed by atoms with E-state index >= 15 is 0 Å².